The van der Waals surface area contributed by atoms with Crippen LogP contribution in [0.2, 0.25) is 0 Å². The molecule has 170 valence electrons. The summed E-state index contributed by atoms with van der Waals surface area (Å²) in [4.78, 5) is 0.283. The fourth-order valence-corrected chi connectivity index (χ4v) is 5.55. The molecule has 0 bridgehead atoms. The molecule has 3 rings (SSSR count). The van der Waals surface area contributed by atoms with Gasteiger partial charge in [-0.05, 0) is 24.1 Å². The van der Waals surface area contributed by atoms with Crippen molar-refractivity contribution in [2.24, 2.45) is 0 Å². The van der Waals surface area contributed by atoms with Crippen molar-refractivity contribution < 1.29 is 13.0 Å². The Morgan fingerprint density at radius 3 is 2.06 bits per heavy atom. The molecule has 31 heavy (non-hydrogen) atoms. The number of benzene rings is 2. The van der Waals surface area contributed by atoms with Crippen molar-refractivity contribution in [3.05, 3.63) is 60.2 Å². The lowest BCUT2D eigenvalue weighted by Crippen LogP contribution is -2.56. The molecule has 1 aliphatic heterocycles. The zero-order valence-corrected chi connectivity index (χ0v) is 19.4. The van der Waals surface area contributed by atoms with E-state index < -0.39 is 15.1 Å². The van der Waals surface area contributed by atoms with E-state index in [1.807, 2.05) is 59.5 Å². The highest BCUT2D eigenvalue weighted by molar-refractivity contribution is 7.87. The van der Waals surface area contributed by atoms with E-state index in [1.165, 1.54) is 38.5 Å². The van der Waals surface area contributed by atoms with Crippen LogP contribution in [0, 0.1) is 0 Å². The number of fused-ring (bicyclic) bond motifs is 1. The number of unbranched alkanes of at least 4 members (excludes halogenated alkanes) is 8. The monoisotopic (exact) mass is 444 g/mol. The zero-order valence-electron chi connectivity index (χ0n) is 18.6. The Morgan fingerprint density at radius 2 is 1.42 bits per heavy atom. The Morgan fingerprint density at radius 1 is 0.839 bits per heavy atom. The second-order valence-electron chi connectivity index (χ2n) is 8.55. The average Bonchev–Trinajstić information content (AvgIpc) is 3.08. The van der Waals surface area contributed by atoms with Crippen LogP contribution in [0.5, 0.6) is 0 Å². The highest BCUT2D eigenvalue weighted by atomic mass is 32.2. The van der Waals surface area contributed by atoms with E-state index in [4.69, 9.17) is 0 Å². The van der Waals surface area contributed by atoms with Gasteiger partial charge in [0.2, 0.25) is 4.99 Å². The van der Waals surface area contributed by atoms with Gasteiger partial charge < -0.3 is 10.2 Å². The van der Waals surface area contributed by atoms with Crippen LogP contribution in [0.15, 0.2) is 54.6 Å². The van der Waals surface area contributed by atoms with Crippen molar-refractivity contribution in [3.63, 3.8) is 0 Å². The molecular formula is C25H36N2O3S. The molecule has 2 aromatic carbocycles. The topological polar surface area (TPSA) is 69.6 Å². The number of nitrogens with one attached hydrogen (secondary N) is 1. The van der Waals surface area contributed by atoms with Crippen molar-refractivity contribution in [1.29, 1.82) is 0 Å². The molecule has 1 heterocycles. The van der Waals surface area contributed by atoms with Gasteiger partial charge in [-0.1, -0.05) is 101 Å². The summed E-state index contributed by atoms with van der Waals surface area (Å²) in [5.74, 6) is 0. The summed E-state index contributed by atoms with van der Waals surface area (Å²) in [5, 5.41) is 3.17. The molecule has 0 aromatic heterocycles. The maximum Gasteiger partial charge on any atom is 0.308 e. The summed E-state index contributed by atoms with van der Waals surface area (Å²) < 4.78 is 35.9. The van der Waals surface area contributed by atoms with Crippen molar-refractivity contribution in [2.75, 3.05) is 10.2 Å². The number of anilines is 2. The zero-order chi connectivity index (χ0) is 22.2. The fourth-order valence-electron chi connectivity index (χ4n) is 4.47. The van der Waals surface area contributed by atoms with Crippen molar-refractivity contribution in [1.82, 2.24) is 0 Å². The number of nitrogens with zero attached hydrogens (tertiary/aromatic N) is 1. The summed E-state index contributed by atoms with van der Waals surface area (Å²) >= 11 is 0. The number of hydrogen-bond acceptors (Lipinski definition) is 4. The average molecular weight is 445 g/mol. The smallest absolute Gasteiger partial charge is 0.308 e. The van der Waals surface area contributed by atoms with Gasteiger partial charge in [-0.3, -0.25) is 4.55 Å². The van der Waals surface area contributed by atoms with E-state index in [0.29, 0.717) is 13.0 Å². The van der Waals surface area contributed by atoms with Gasteiger partial charge in [0.05, 0.1) is 11.4 Å². The maximum absolute atomic E-state index is 12.7. The molecule has 1 unspecified atom stereocenters. The number of para-hydroxylation sites is 2. The van der Waals surface area contributed by atoms with Crippen molar-refractivity contribution >= 4 is 21.5 Å². The van der Waals surface area contributed by atoms with Gasteiger partial charge >= 0.3 is 10.1 Å². The van der Waals surface area contributed by atoms with Crippen LogP contribution < -0.4 is 10.2 Å². The quantitative estimate of drug-likeness (QED) is 0.270. The van der Waals surface area contributed by atoms with Crippen LogP contribution in [-0.2, 0) is 16.7 Å². The standard InChI is InChI=1S/C25H36N2O3S/c1-2-3-4-5-6-7-8-9-15-20-25(31(28,29)30)26-23-18-13-14-19-24(23)27(25)21-22-16-11-10-12-17-22/h10-14,16-19,26H,2-9,15,20-21H2,1H3,(H,28,29,30). The summed E-state index contributed by atoms with van der Waals surface area (Å²) in [5.41, 5.74) is 2.55. The number of rotatable bonds is 13. The fraction of sp³-hybridized carbons (Fsp3) is 0.520. The van der Waals surface area contributed by atoms with Gasteiger partial charge in [0.25, 0.3) is 0 Å². The third kappa shape index (κ3) is 5.80. The van der Waals surface area contributed by atoms with Crippen molar-refractivity contribution in [3.8, 4) is 0 Å². The normalized spacial score (nSPS) is 18.1. The first-order valence-corrected chi connectivity index (χ1v) is 13.1. The molecular weight excluding hydrogens is 408 g/mol. The van der Waals surface area contributed by atoms with Crippen LogP contribution >= 0.6 is 0 Å². The Hall–Kier alpha value is -2.05. The third-order valence-electron chi connectivity index (χ3n) is 6.19. The summed E-state index contributed by atoms with van der Waals surface area (Å²) in [6, 6.07) is 17.4. The van der Waals surface area contributed by atoms with E-state index in [0.717, 1.165) is 36.2 Å². The highest BCUT2D eigenvalue weighted by Gasteiger charge is 2.52. The van der Waals surface area contributed by atoms with Gasteiger partial charge in [0.1, 0.15) is 0 Å². The minimum Gasteiger partial charge on any atom is -0.346 e. The molecule has 0 amide bonds. The molecule has 0 spiro atoms. The van der Waals surface area contributed by atoms with Gasteiger partial charge in [-0.2, -0.15) is 8.42 Å². The van der Waals surface area contributed by atoms with Crippen LogP contribution in [0.3, 0.4) is 0 Å². The van der Waals surface area contributed by atoms with Crippen LogP contribution in [0.1, 0.15) is 76.7 Å². The SMILES string of the molecule is CCCCCCCCCCCC1(S(=O)(=O)O)Nc2ccccc2N1Cc1ccccc1. The summed E-state index contributed by atoms with van der Waals surface area (Å²) in [6.45, 7) is 2.63. The Labute approximate surface area is 187 Å². The highest BCUT2D eigenvalue weighted by Crippen LogP contribution is 2.45. The van der Waals surface area contributed by atoms with E-state index in [2.05, 4.69) is 12.2 Å². The molecule has 2 aromatic rings. The lowest BCUT2D eigenvalue weighted by atomic mass is 10.1. The third-order valence-corrected chi connectivity index (χ3v) is 7.57. The molecule has 6 heteroatoms. The summed E-state index contributed by atoms with van der Waals surface area (Å²) in [6.07, 6.45) is 10.7. The van der Waals surface area contributed by atoms with Gasteiger partial charge in [0, 0.05) is 13.0 Å². The minimum absolute atomic E-state index is 0.336. The second kappa shape index (κ2) is 11.0. The molecule has 0 saturated carbocycles. The molecule has 0 aliphatic carbocycles. The maximum atomic E-state index is 12.7. The largest absolute Gasteiger partial charge is 0.346 e. The minimum atomic E-state index is -4.39. The van der Waals surface area contributed by atoms with Crippen LogP contribution in [0.4, 0.5) is 11.4 Å². The van der Waals surface area contributed by atoms with E-state index in [9.17, 15) is 13.0 Å². The molecule has 5 nitrogen and oxygen atoms in total. The Balaban J connectivity index is 1.70. The van der Waals surface area contributed by atoms with E-state index in [-0.39, 0.29) is 0 Å². The van der Waals surface area contributed by atoms with E-state index >= 15 is 0 Å². The van der Waals surface area contributed by atoms with Crippen LogP contribution in [-0.4, -0.2) is 18.0 Å². The van der Waals surface area contributed by atoms with Crippen LogP contribution in [0.25, 0.3) is 0 Å². The molecule has 0 saturated heterocycles. The Bertz CT molecular complexity index is 917. The van der Waals surface area contributed by atoms with Crippen molar-refractivity contribution in [2.45, 2.75) is 82.7 Å². The first kappa shape index (κ1) is 23.6. The lowest BCUT2D eigenvalue weighted by molar-refractivity contribution is 0.408. The molecule has 0 radical (unpaired) electrons. The molecule has 1 aliphatic rings. The first-order chi connectivity index (χ1) is 15.0. The lowest BCUT2D eigenvalue weighted by Gasteiger charge is -2.37. The Kier molecular flexibility index (Phi) is 8.38. The second-order valence-corrected chi connectivity index (χ2v) is 10.2. The molecule has 2 N–H and O–H groups in total. The van der Waals surface area contributed by atoms with Gasteiger partial charge in [-0.25, -0.2) is 0 Å². The molecule has 1 atom stereocenters. The predicted molar refractivity (Wildman–Crippen MR) is 129 cm³/mol. The molecule has 0 fully saturated rings. The first-order valence-electron chi connectivity index (χ1n) is 11.6. The number of hydrogen-bond donors (Lipinski definition) is 2. The summed E-state index contributed by atoms with van der Waals surface area (Å²) in [7, 11) is -4.39. The van der Waals surface area contributed by atoms with Gasteiger partial charge in [0.15, 0.2) is 0 Å². The van der Waals surface area contributed by atoms with E-state index in [1.54, 1.807) is 0 Å². The van der Waals surface area contributed by atoms with Gasteiger partial charge in [-0.15, -0.1) is 0 Å². The predicted octanol–water partition coefficient (Wildman–Crippen LogP) is 6.58.